The first kappa shape index (κ1) is 10.9. The van der Waals surface area contributed by atoms with E-state index in [2.05, 4.69) is 10.3 Å². The highest BCUT2D eigenvalue weighted by molar-refractivity contribution is 5.13. The van der Waals surface area contributed by atoms with E-state index < -0.39 is 6.10 Å². The third kappa shape index (κ3) is 2.92. The van der Waals surface area contributed by atoms with E-state index in [9.17, 15) is 5.11 Å². The lowest BCUT2D eigenvalue weighted by Crippen LogP contribution is -2.20. The number of aliphatic hydroxyl groups is 1. The highest BCUT2D eigenvalue weighted by Gasteiger charge is 2.06. The lowest BCUT2D eigenvalue weighted by molar-refractivity contribution is 0.173. The smallest absolute Gasteiger partial charge is 0.117 e. The minimum Gasteiger partial charge on any atom is -0.468 e. The summed E-state index contributed by atoms with van der Waals surface area (Å²) in [6.07, 6.45) is 4.46. The minimum absolute atomic E-state index is 0.491. The summed E-state index contributed by atoms with van der Waals surface area (Å²) in [7, 11) is 0. The Balaban J connectivity index is 1.78. The molecule has 0 bridgehead atoms. The maximum absolute atomic E-state index is 9.83. The number of nitrogens with zero attached hydrogens (tertiary/aromatic N) is 1. The monoisotopic (exact) mass is 218 g/mol. The van der Waals surface area contributed by atoms with E-state index in [-0.39, 0.29) is 0 Å². The summed E-state index contributed by atoms with van der Waals surface area (Å²) in [6.45, 7) is 1.11. The molecule has 0 saturated heterocycles. The molecule has 2 aromatic heterocycles. The van der Waals surface area contributed by atoms with E-state index in [1.54, 1.807) is 30.8 Å². The number of furan rings is 1. The van der Waals surface area contributed by atoms with Gasteiger partial charge in [-0.3, -0.25) is 4.98 Å². The number of aromatic nitrogens is 1. The van der Waals surface area contributed by atoms with Crippen LogP contribution in [0.2, 0.25) is 0 Å². The molecule has 0 spiro atoms. The molecular formula is C12H14N2O2. The van der Waals surface area contributed by atoms with Gasteiger partial charge in [-0.25, -0.2) is 0 Å². The molecule has 0 radical (unpaired) electrons. The van der Waals surface area contributed by atoms with Gasteiger partial charge in [-0.1, -0.05) is 0 Å². The van der Waals surface area contributed by atoms with Crippen molar-refractivity contribution in [3.63, 3.8) is 0 Å². The van der Waals surface area contributed by atoms with Gasteiger partial charge >= 0.3 is 0 Å². The van der Waals surface area contributed by atoms with Gasteiger partial charge in [0, 0.05) is 18.9 Å². The fourth-order valence-electron chi connectivity index (χ4n) is 1.45. The third-order valence-corrected chi connectivity index (χ3v) is 2.31. The van der Waals surface area contributed by atoms with Gasteiger partial charge in [0.25, 0.3) is 0 Å². The van der Waals surface area contributed by atoms with Crippen molar-refractivity contribution in [2.24, 2.45) is 0 Å². The van der Waals surface area contributed by atoms with E-state index in [0.717, 1.165) is 11.3 Å². The van der Waals surface area contributed by atoms with Crippen molar-refractivity contribution in [3.05, 3.63) is 54.2 Å². The first-order valence-electron chi connectivity index (χ1n) is 5.17. The lowest BCUT2D eigenvalue weighted by Gasteiger charge is -2.10. The van der Waals surface area contributed by atoms with E-state index in [1.165, 1.54) is 0 Å². The Hall–Kier alpha value is -1.65. The zero-order valence-corrected chi connectivity index (χ0v) is 8.84. The molecule has 0 aromatic carbocycles. The maximum atomic E-state index is 9.83. The van der Waals surface area contributed by atoms with Crippen molar-refractivity contribution in [2.75, 3.05) is 6.54 Å². The predicted molar refractivity (Wildman–Crippen MR) is 59.6 cm³/mol. The van der Waals surface area contributed by atoms with E-state index in [1.807, 2.05) is 12.1 Å². The second-order valence-corrected chi connectivity index (χ2v) is 3.51. The van der Waals surface area contributed by atoms with Gasteiger partial charge in [-0.05, 0) is 29.8 Å². The molecule has 1 unspecified atom stereocenters. The van der Waals surface area contributed by atoms with Crippen LogP contribution in [0.4, 0.5) is 0 Å². The SMILES string of the molecule is OC(CNCc1ccco1)c1ccncc1. The average Bonchev–Trinajstić information content (AvgIpc) is 2.83. The Morgan fingerprint density at radius 3 is 2.81 bits per heavy atom. The van der Waals surface area contributed by atoms with Crippen LogP contribution in [0.1, 0.15) is 17.4 Å². The van der Waals surface area contributed by atoms with Gasteiger partial charge in [-0.15, -0.1) is 0 Å². The average molecular weight is 218 g/mol. The van der Waals surface area contributed by atoms with Crippen molar-refractivity contribution in [3.8, 4) is 0 Å². The maximum Gasteiger partial charge on any atom is 0.117 e. The molecule has 0 amide bonds. The van der Waals surface area contributed by atoms with E-state index in [4.69, 9.17) is 4.42 Å². The van der Waals surface area contributed by atoms with Crippen LogP contribution < -0.4 is 5.32 Å². The van der Waals surface area contributed by atoms with Gasteiger partial charge in [0.15, 0.2) is 0 Å². The molecule has 2 heterocycles. The van der Waals surface area contributed by atoms with Gasteiger partial charge in [0.1, 0.15) is 5.76 Å². The van der Waals surface area contributed by atoms with Crippen LogP contribution in [-0.2, 0) is 6.54 Å². The topological polar surface area (TPSA) is 58.3 Å². The van der Waals surface area contributed by atoms with Crippen molar-refractivity contribution < 1.29 is 9.52 Å². The quantitative estimate of drug-likeness (QED) is 0.798. The molecular weight excluding hydrogens is 204 g/mol. The molecule has 0 aliphatic rings. The van der Waals surface area contributed by atoms with Crippen molar-refractivity contribution >= 4 is 0 Å². The molecule has 4 heteroatoms. The third-order valence-electron chi connectivity index (χ3n) is 2.31. The summed E-state index contributed by atoms with van der Waals surface area (Å²) < 4.78 is 5.17. The van der Waals surface area contributed by atoms with Crippen LogP contribution >= 0.6 is 0 Å². The molecule has 2 rings (SSSR count). The highest BCUT2D eigenvalue weighted by Crippen LogP contribution is 2.09. The molecule has 2 N–H and O–H groups in total. The molecule has 1 atom stereocenters. The Morgan fingerprint density at radius 1 is 1.31 bits per heavy atom. The largest absolute Gasteiger partial charge is 0.468 e. The molecule has 0 aliphatic heterocycles. The molecule has 4 nitrogen and oxygen atoms in total. The van der Waals surface area contributed by atoms with Gasteiger partial charge in [0.05, 0.1) is 18.9 Å². The van der Waals surface area contributed by atoms with Crippen molar-refractivity contribution in [1.29, 1.82) is 0 Å². The number of hydrogen-bond acceptors (Lipinski definition) is 4. The number of hydrogen-bond donors (Lipinski definition) is 2. The second-order valence-electron chi connectivity index (χ2n) is 3.51. The van der Waals surface area contributed by atoms with Crippen LogP contribution in [0.15, 0.2) is 47.3 Å². The summed E-state index contributed by atoms with van der Waals surface area (Å²) in [5.74, 6) is 0.863. The normalized spacial score (nSPS) is 12.6. The van der Waals surface area contributed by atoms with Crippen molar-refractivity contribution in [1.82, 2.24) is 10.3 Å². The fraction of sp³-hybridized carbons (Fsp3) is 0.250. The van der Waals surface area contributed by atoms with Gasteiger partial charge < -0.3 is 14.8 Å². The molecule has 2 aromatic rings. The Morgan fingerprint density at radius 2 is 2.12 bits per heavy atom. The predicted octanol–water partition coefficient (Wildman–Crippen LogP) is 1.50. The standard InChI is InChI=1S/C12H14N2O2/c15-12(10-3-5-13-6-4-10)9-14-8-11-2-1-7-16-11/h1-7,12,14-15H,8-9H2. The molecule has 0 aliphatic carbocycles. The Labute approximate surface area is 93.9 Å². The van der Waals surface area contributed by atoms with Crippen molar-refractivity contribution in [2.45, 2.75) is 12.6 Å². The van der Waals surface area contributed by atoms with Crippen LogP contribution in [0.25, 0.3) is 0 Å². The number of aliphatic hydroxyl groups excluding tert-OH is 1. The summed E-state index contributed by atoms with van der Waals surface area (Å²) >= 11 is 0. The number of pyridine rings is 1. The minimum atomic E-state index is -0.516. The number of nitrogens with one attached hydrogen (secondary N) is 1. The molecule has 0 saturated carbocycles. The molecule has 0 fully saturated rings. The van der Waals surface area contributed by atoms with Gasteiger partial charge in [-0.2, -0.15) is 0 Å². The Kier molecular flexibility index (Phi) is 3.69. The van der Waals surface area contributed by atoms with E-state index in [0.29, 0.717) is 13.1 Å². The zero-order valence-electron chi connectivity index (χ0n) is 8.84. The fourth-order valence-corrected chi connectivity index (χ4v) is 1.45. The highest BCUT2D eigenvalue weighted by atomic mass is 16.3. The lowest BCUT2D eigenvalue weighted by atomic mass is 10.1. The first-order chi connectivity index (χ1) is 7.86. The number of rotatable bonds is 5. The van der Waals surface area contributed by atoms with E-state index >= 15 is 0 Å². The zero-order chi connectivity index (χ0) is 11.2. The Bertz CT molecular complexity index is 400. The van der Waals surface area contributed by atoms with Crippen LogP contribution in [0, 0.1) is 0 Å². The summed E-state index contributed by atoms with van der Waals surface area (Å²) in [4.78, 5) is 3.90. The summed E-state index contributed by atoms with van der Waals surface area (Å²) in [5.41, 5.74) is 0.863. The first-order valence-corrected chi connectivity index (χ1v) is 5.17. The van der Waals surface area contributed by atoms with Crippen LogP contribution in [-0.4, -0.2) is 16.6 Å². The summed E-state index contributed by atoms with van der Waals surface area (Å²) in [5, 5.41) is 13.0. The molecule has 84 valence electrons. The summed E-state index contributed by atoms with van der Waals surface area (Å²) in [6, 6.07) is 7.35. The molecule has 16 heavy (non-hydrogen) atoms. The van der Waals surface area contributed by atoms with Crippen LogP contribution in [0.5, 0.6) is 0 Å². The van der Waals surface area contributed by atoms with Crippen LogP contribution in [0.3, 0.4) is 0 Å². The van der Waals surface area contributed by atoms with Gasteiger partial charge in [0.2, 0.25) is 0 Å². The second kappa shape index (κ2) is 5.44.